The molecule has 116 valence electrons. The van der Waals surface area contributed by atoms with E-state index in [9.17, 15) is 4.79 Å². The van der Waals surface area contributed by atoms with Gasteiger partial charge in [0.25, 0.3) is 5.91 Å². The number of carbonyl (C=O) groups excluding carboxylic acids is 1. The molecule has 1 amide bonds. The number of methoxy groups -OCH3 is 1. The molecule has 3 rings (SSSR count). The second-order valence-corrected chi connectivity index (χ2v) is 6.09. The lowest BCUT2D eigenvalue weighted by atomic mass is 10.2. The Morgan fingerprint density at radius 2 is 2.00 bits per heavy atom. The van der Waals surface area contributed by atoms with Gasteiger partial charge >= 0.3 is 0 Å². The number of benzene rings is 2. The Morgan fingerprint density at radius 1 is 1.22 bits per heavy atom. The quantitative estimate of drug-likeness (QED) is 0.642. The number of anilines is 1. The average molecular weight is 389 g/mol. The van der Waals surface area contributed by atoms with Gasteiger partial charge in [0.15, 0.2) is 5.11 Å². The second-order valence-electron chi connectivity index (χ2n) is 4.85. The highest BCUT2D eigenvalue weighted by Crippen LogP contribution is 2.27. The Kier molecular flexibility index (Phi) is 4.45. The van der Waals surface area contributed by atoms with Crippen LogP contribution < -0.4 is 15.0 Å². The van der Waals surface area contributed by atoms with Crippen LogP contribution in [0.15, 0.2) is 58.7 Å². The molecule has 1 saturated heterocycles. The number of carbonyl (C=O) groups is 1. The summed E-state index contributed by atoms with van der Waals surface area (Å²) < 4.78 is 6.11. The van der Waals surface area contributed by atoms with Gasteiger partial charge in [-0.25, -0.2) is 0 Å². The highest BCUT2D eigenvalue weighted by Gasteiger charge is 2.32. The molecule has 2 aromatic rings. The van der Waals surface area contributed by atoms with E-state index in [-0.39, 0.29) is 5.91 Å². The summed E-state index contributed by atoms with van der Waals surface area (Å²) in [5.41, 5.74) is 2.01. The van der Waals surface area contributed by atoms with Gasteiger partial charge in [0, 0.05) is 10.5 Å². The van der Waals surface area contributed by atoms with Crippen molar-refractivity contribution in [3.05, 3.63) is 64.3 Å². The van der Waals surface area contributed by atoms with E-state index < -0.39 is 0 Å². The number of hydrogen-bond donors (Lipinski definition) is 1. The molecule has 4 nitrogen and oxygen atoms in total. The third-order valence-electron chi connectivity index (χ3n) is 3.39. The van der Waals surface area contributed by atoms with Gasteiger partial charge in [-0.05, 0) is 42.1 Å². The van der Waals surface area contributed by atoms with Crippen LogP contribution in [0.5, 0.6) is 5.75 Å². The van der Waals surface area contributed by atoms with Gasteiger partial charge in [-0.15, -0.1) is 0 Å². The summed E-state index contributed by atoms with van der Waals surface area (Å²) in [6.45, 7) is 0. The fourth-order valence-corrected chi connectivity index (χ4v) is 2.96. The third kappa shape index (κ3) is 3.13. The third-order valence-corrected chi connectivity index (χ3v) is 4.40. The van der Waals surface area contributed by atoms with Crippen molar-refractivity contribution in [2.45, 2.75) is 0 Å². The zero-order valence-electron chi connectivity index (χ0n) is 12.2. The number of rotatable bonds is 3. The van der Waals surface area contributed by atoms with Gasteiger partial charge in [-0.1, -0.05) is 40.2 Å². The smallest absolute Gasteiger partial charge is 0.281 e. The van der Waals surface area contributed by atoms with Crippen molar-refractivity contribution in [3.63, 3.8) is 0 Å². The first-order valence-electron chi connectivity index (χ1n) is 6.86. The summed E-state index contributed by atoms with van der Waals surface area (Å²) >= 11 is 8.78. The lowest BCUT2D eigenvalue weighted by Gasteiger charge is -2.14. The SMILES string of the molecule is COc1cccc(N2C(=O)/C(=C\c3ccccc3Br)NC2=S)c1. The zero-order valence-corrected chi connectivity index (χ0v) is 14.6. The minimum atomic E-state index is -0.195. The predicted molar refractivity (Wildman–Crippen MR) is 98.3 cm³/mol. The molecule has 0 bridgehead atoms. The van der Waals surface area contributed by atoms with Crippen LogP contribution in [-0.4, -0.2) is 18.1 Å². The van der Waals surface area contributed by atoms with Crippen LogP contribution in [0.3, 0.4) is 0 Å². The highest BCUT2D eigenvalue weighted by atomic mass is 79.9. The van der Waals surface area contributed by atoms with Gasteiger partial charge in [-0.3, -0.25) is 9.69 Å². The lowest BCUT2D eigenvalue weighted by Crippen LogP contribution is -2.30. The molecule has 1 N–H and O–H groups in total. The van der Waals surface area contributed by atoms with Gasteiger partial charge in [0.05, 0.1) is 12.8 Å². The standard InChI is InChI=1S/C17H13BrN2O2S/c1-22-13-7-4-6-12(10-13)20-16(21)15(19-17(20)23)9-11-5-2-3-8-14(11)18/h2-10H,1H3,(H,19,23)/b15-9+. The normalized spacial score (nSPS) is 15.9. The molecule has 0 unspecified atom stereocenters. The maximum absolute atomic E-state index is 12.7. The fraction of sp³-hybridized carbons (Fsp3) is 0.0588. The molecule has 0 atom stereocenters. The molecule has 0 saturated carbocycles. The van der Waals surface area contributed by atoms with Crippen LogP contribution in [0.4, 0.5) is 5.69 Å². The molecule has 2 aromatic carbocycles. The van der Waals surface area contributed by atoms with E-state index in [4.69, 9.17) is 17.0 Å². The summed E-state index contributed by atoms with van der Waals surface area (Å²) in [6, 6.07) is 14.9. The summed E-state index contributed by atoms with van der Waals surface area (Å²) in [4.78, 5) is 14.1. The minimum absolute atomic E-state index is 0.195. The molecule has 0 radical (unpaired) electrons. The number of thiocarbonyl (C=S) groups is 1. The molecule has 1 aliphatic heterocycles. The number of ether oxygens (including phenoxy) is 1. The number of hydrogen-bond acceptors (Lipinski definition) is 3. The Hall–Kier alpha value is -2.18. The van der Waals surface area contributed by atoms with Gasteiger partial charge in [0.1, 0.15) is 11.4 Å². The number of amides is 1. The minimum Gasteiger partial charge on any atom is -0.497 e. The van der Waals surface area contributed by atoms with Crippen molar-refractivity contribution in [1.82, 2.24) is 5.32 Å². The van der Waals surface area contributed by atoms with Crippen molar-refractivity contribution in [3.8, 4) is 5.75 Å². The predicted octanol–water partition coefficient (Wildman–Crippen LogP) is 3.72. The Bertz CT molecular complexity index is 820. The van der Waals surface area contributed by atoms with E-state index in [1.165, 1.54) is 4.90 Å². The number of nitrogens with zero attached hydrogens (tertiary/aromatic N) is 1. The maximum Gasteiger partial charge on any atom is 0.281 e. The van der Waals surface area contributed by atoms with Crippen molar-refractivity contribution < 1.29 is 9.53 Å². The zero-order chi connectivity index (χ0) is 16.4. The molecule has 23 heavy (non-hydrogen) atoms. The van der Waals surface area contributed by atoms with E-state index in [1.54, 1.807) is 19.3 Å². The molecule has 0 aliphatic carbocycles. The Morgan fingerprint density at radius 3 is 2.74 bits per heavy atom. The first-order chi connectivity index (χ1) is 11.1. The average Bonchev–Trinajstić information content (AvgIpc) is 2.83. The van der Waals surface area contributed by atoms with Crippen molar-refractivity contribution in [1.29, 1.82) is 0 Å². The summed E-state index contributed by atoms with van der Waals surface area (Å²) in [7, 11) is 1.58. The van der Waals surface area contributed by atoms with Crippen LogP contribution in [0.25, 0.3) is 6.08 Å². The van der Waals surface area contributed by atoms with Crippen LogP contribution in [0.2, 0.25) is 0 Å². The van der Waals surface area contributed by atoms with E-state index >= 15 is 0 Å². The first kappa shape index (κ1) is 15.7. The topological polar surface area (TPSA) is 41.6 Å². The first-order valence-corrected chi connectivity index (χ1v) is 8.06. The molecular weight excluding hydrogens is 376 g/mol. The van der Waals surface area contributed by atoms with E-state index in [0.29, 0.717) is 22.2 Å². The largest absolute Gasteiger partial charge is 0.497 e. The molecule has 1 heterocycles. The molecule has 0 spiro atoms. The van der Waals surface area contributed by atoms with E-state index in [1.807, 2.05) is 42.5 Å². The highest BCUT2D eigenvalue weighted by molar-refractivity contribution is 9.10. The van der Waals surface area contributed by atoms with Crippen molar-refractivity contribution in [2.24, 2.45) is 0 Å². The molecular formula is C17H13BrN2O2S. The summed E-state index contributed by atoms with van der Waals surface area (Å²) in [6.07, 6.45) is 1.78. The van der Waals surface area contributed by atoms with Crippen LogP contribution in [0, 0.1) is 0 Å². The molecule has 1 aliphatic rings. The van der Waals surface area contributed by atoms with Gasteiger partial charge in [0.2, 0.25) is 0 Å². The van der Waals surface area contributed by atoms with Crippen molar-refractivity contribution in [2.75, 3.05) is 12.0 Å². The Labute approximate surface area is 147 Å². The molecule has 1 fully saturated rings. The lowest BCUT2D eigenvalue weighted by molar-refractivity contribution is -0.113. The second kappa shape index (κ2) is 6.52. The van der Waals surface area contributed by atoms with Crippen LogP contribution in [0.1, 0.15) is 5.56 Å². The van der Waals surface area contributed by atoms with E-state index in [2.05, 4.69) is 21.2 Å². The number of nitrogens with one attached hydrogen (secondary N) is 1. The Balaban J connectivity index is 1.95. The van der Waals surface area contributed by atoms with E-state index in [0.717, 1.165) is 10.0 Å². The maximum atomic E-state index is 12.7. The fourth-order valence-electron chi connectivity index (χ4n) is 2.27. The summed E-state index contributed by atoms with van der Waals surface area (Å²) in [5, 5.41) is 3.32. The van der Waals surface area contributed by atoms with Crippen molar-refractivity contribution >= 4 is 50.9 Å². The van der Waals surface area contributed by atoms with Gasteiger partial charge in [-0.2, -0.15) is 0 Å². The van der Waals surface area contributed by atoms with Crippen LogP contribution in [-0.2, 0) is 4.79 Å². The van der Waals surface area contributed by atoms with Gasteiger partial charge < -0.3 is 10.1 Å². The monoisotopic (exact) mass is 388 g/mol. The number of halogens is 1. The molecule has 6 heteroatoms. The van der Waals surface area contributed by atoms with Crippen LogP contribution >= 0.6 is 28.1 Å². The molecule has 0 aromatic heterocycles. The summed E-state index contributed by atoms with van der Waals surface area (Å²) in [5.74, 6) is 0.473.